The van der Waals surface area contributed by atoms with Gasteiger partial charge in [-0.15, -0.1) is 0 Å². The molecule has 1 saturated heterocycles. The van der Waals surface area contributed by atoms with Crippen molar-refractivity contribution < 1.29 is 4.74 Å². The van der Waals surface area contributed by atoms with Crippen molar-refractivity contribution in [2.24, 2.45) is 0 Å². The van der Waals surface area contributed by atoms with Crippen LogP contribution in [0.5, 0.6) is 0 Å². The van der Waals surface area contributed by atoms with Gasteiger partial charge in [-0.2, -0.15) is 0 Å². The molecule has 0 spiro atoms. The van der Waals surface area contributed by atoms with E-state index in [1.165, 1.54) is 6.33 Å². The van der Waals surface area contributed by atoms with Crippen LogP contribution in [0.4, 0.5) is 5.82 Å². The first-order valence-electron chi connectivity index (χ1n) is 5.48. The summed E-state index contributed by atoms with van der Waals surface area (Å²) in [7, 11) is 0. The van der Waals surface area contributed by atoms with E-state index in [2.05, 4.69) is 51.6 Å². The van der Waals surface area contributed by atoms with E-state index in [0.29, 0.717) is 5.15 Å². The Hall–Kier alpha value is -0.390. The molecule has 0 bridgehead atoms. The largest absolute Gasteiger partial charge is 0.369 e. The lowest BCUT2D eigenvalue weighted by molar-refractivity contribution is -0.0752. The first-order chi connectivity index (χ1) is 7.89. The zero-order valence-electron chi connectivity index (χ0n) is 10.1. The van der Waals surface area contributed by atoms with Gasteiger partial charge in [-0.25, -0.2) is 9.97 Å². The molecule has 0 aliphatic carbocycles. The second kappa shape index (κ2) is 4.71. The maximum absolute atomic E-state index is 5.98. The lowest BCUT2D eigenvalue weighted by atomic mass is 10.1. The van der Waals surface area contributed by atoms with E-state index in [1.54, 1.807) is 0 Å². The van der Waals surface area contributed by atoms with E-state index in [0.717, 1.165) is 23.4 Å². The monoisotopic (exact) mass is 319 g/mol. The number of aromatic nitrogens is 2. The third-order valence-electron chi connectivity index (χ3n) is 2.60. The van der Waals surface area contributed by atoms with E-state index >= 15 is 0 Å². The molecule has 1 aliphatic heterocycles. The zero-order valence-corrected chi connectivity index (χ0v) is 12.4. The SMILES string of the molecule is CC1CN(c2ncnc(Cl)c2Br)CC(C)(C)O1. The third-order valence-corrected chi connectivity index (χ3v) is 3.84. The lowest BCUT2D eigenvalue weighted by Crippen LogP contribution is -2.52. The second-order valence-electron chi connectivity index (χ2n) is 4.87. The van der Waals surface area contributed by atoms with Crippen LogP contribution in [0, 0.1) is 0 Å². The minimum atomic E-state index is -0.186. The number of rotatable bonds is 1. The van der Waals surface area contributed by atoms with Crippen LogP contribution in [-0.2, 0) is 4.74 Å². The fourth-order valence-corrected chi connectivity index (χ4v) is 2.76. The van der Waals surface area contributed by atoms with Crippen LogP contribution in [0.25, 0.3) is 0 Å². The number of nitrogens with zero attached hydrogens (tertiary/aromatic N) is 3. The smallest absolute Gasteiger partial charge is 0.148 e. The van der Waals surface area contributed by atoms with Gasteiger partial charge in [0.15, 0.2) is 0 Å². The number of hydrogen-bond donors (Lipinski definition) is 0. The summed E-state index contributed by atoms with van der Waals surface area (Å²) in [5.74, 6) is 0.827. The molecule has 1 aliphatic rings. The number of anilines is 1. The average Bonchev–Trinajstić information content (AvgIpc) is 2.19. The predicted molar refractivity (Wildman–Crippen MR) is 71.6 cm³/mol. The van der Waals surface area contributed by atoms with Crippen LogP contribution < -0.4 is 4.90 Å². The Kier molecular flexibility index (Phi) is 3.61. The quantitative estimate of drug-likeness (QED) is 0.746. The van der Waals surface area contributed by atoms with Crippen molar-refractivity contribution in [2.45, 2.75) is 32.5 Å². The van der Waals surface area contributed by atoms with E-state index in [4.69, 9.17) is 16.3 Å². The van der Waals surface area contributed by atoms with Gasteiger partial charge in [0.1, 0.15) is 17.3 Å². The Labute approximate surface area is 114 Å². The molecule has 94 valence electrons. The van der Waals surface area contributed by atoms with Gasteiger partial charge in [0, 0.05) is 13.1 Å². The van der Waals surface area contributed by atoms with Gasteiger partial charge in [-0.05, 0) is 36.7 Å². The molecule has 0 saturated carbocycles. The van der Waals surface area contributed by atoms with Gasteiger partial charge in [-0.1, -0.05) is 11.6 Å². The number of morpholine rings is 1. The summed E-state index contributed by atoms with van der Waals surface area (Å²) in [5, 5.41) is 0.437. The molecule has 17 heavy (non-hydrogen) atoms. The average molecular weight is 321 g/mol. The van der Waals surface area contributed by atoms with Crippen LogP contribution in [0.2, 0.25) is 5.15 Å². The lowest BCUT2D eigenvalue weighted by Gasteiger charge is -2.42. The maximum Gasteiger partial charge on any atom is 0.148 e. The summed E-state index contributed by atoms with van der Waals surface area (Å²) in [6.45, 7) is 7.79. The van der Waals surface area contributed by atoms with Crippen LogP contribution in [0.1, 0.15) is 20.8 Å². The summed E-state index contributed by atoms with van der Waals surface area (Å²) in [6, 6.07) is 0. The molecule has 6 heteroatoms. The molecule has 2 heterocycles. The first-order valence-corrected chi connectivity index (χ1v) is 6.65. The van der Waals surface area contributed by atoms with Gasteiger partial charge in [0.05, 0.1) is 16.2 Å². The molecule has 1 aromatic heterocycles. The number of ether oxygens (including phenoxy) is 1. The molecule has 0 N–H and O–H groups in total. The van der Waals surface area contributed by atoms with Gasteiger partial charge >= 0.3 is 0 Å². The van der Waals surface area contributed by atoms with Crippen LogP contribution in [-0.4, -0.2) is 34.8 Å². The molecule has 1 atom stereocenters. The van der Waals surface area contributed by atoms with Crippen molar-refractivity contribution in [3.63, 3.8) is 0 Å². The minimum absolute atomic E-state index is 0.166. The standard InChI is InChI=1S/C11H15BrClN3O/c1-7-4-16(5-11(2,3)17-7)10-8(12)9(13)14-6-15-10/h6-7H,4-5H2,1-3H3. The topological polar surface area (TPSA) is 38.2 Å². The van der Waals surface area contributed by atoms with Crippen LogP contribution in [0.3, 0.4) is 0 Å². The van der Waals surface area contributed by atoms with Gasteiger partial charge < -0.3 is 9.64 Å². The highest BCUT2D eigenvalue weighted by atomic mass is 79.9. The first kappa shape index (κ1) is 13.1. The second-order valence-corrected chi connectivity index (χ2v) is 6.02. The molecular formula is C11H15BrClN3O. The molecule has 0 aromatic carbocycles. The van der Waals surface area contributed by atoms with Crippen molar-refractivity contribution in [1.82, 2.24) is 9.97 Å². The fourth-order valence-electron chi connectivity index (χ4n) is 2.18. The Morgan fingerprint density at radius 2 is 2.24 bits per heavy atom. The number of hydrogen-bond acceptors (Lipinski definition) is 4. The normalized spacial score (nSPS) is 23.8. The summed E-state index contributed by atoms with van der Waals surface area (Å²) < 4.78 is 6.60. The maximum atomic E-state index is 5.98. The molecule has 1 aromatic rings. The van der Waals surface area contributed by atoms with E-state index < -0.39 is 0 Å². The van der Waals surface area contributed by atoms with Crippen molar-refractivity contribution in [1.29, 1.82) is 0 Å². The van der Waals surface area contributed by atoms with Crippen molar-refractivity contribution in [3.8, 4) is 0 Å². The molecule has 1 fully saturated rings. The molecule has 0 radical (unpaired) electrons. The van der Waals surface area contributed by atoms with Gasteiger partial charge in [0.25, 0.3) is 0 Å². The van der Waals surface area contributed by atoms with Crippen molar-refractivity contribution >= 4 is 33.3 Å². The summed E-state index contributed by atoms with van der Waals surface area (Å²) in [6.07, 6.45) is 1.65. The number of halogens is 2. The molecular weight excluding hydrogens is 305 g/mol. The fraction of sp³-hybridized carbons (Fsp3) is 0.636. The van der Waals surface area contributed by atoms with Gasteiger partial charge in [-0.3, -0.25) is 0 Å². The Morgan fingerprint density at radius 3 is 2.88 bits per heavy atom. The highest BCUT2D eigenvalue weighted by Gasteiger charge is 2.33. The zero-order chi connectivity index (χ0) is 12.6. The summed E-state index contributed by atoms with van der Waals surface area (Å²) >= 11 is 9.42. The summed E-state index contributed by atoms with van der Waals surface area (Å²) in [4.78, 5) is 10.4. The minimum Gasteiger partial charge on any atom is -0.369 e. The molecule has 1 unspecified atom stereocenters. The Bertz CT molecular complexity index is 427. The Balaban J connectivity index is 2.30. The Morgan fingerprint density at radius 1 is 1.53 bits per heavy atom. The van der Waals surface area contributed by atoms with E-state index in [1.807, 2.05) is 0 Å². The molecule has 2 rings (SSSR count). The van der Waals surface area contributed by atoms with E-state index in [9.17, 15) is 0 Å². The highest BCUT2D eigenvalue weighted by Crippen LogP contribution is 2.32. The van der Waals surface area contributed by atoms with Crippen LogP contribution >= 0.6 is 27.5 Å². The predicted octanol–water partition coefficient (Wildman–Crippen LogP) is 2.90. The van der Waals surface area contributed by atoms with Crippen molar-refractivity contribution in [3.05, 3.63) is 16.0 Å². The van der Waals surface area contributed by atoms with Crippen LogP contribution in [0.15, 0.2) is 10.8 Å². The third kappa shape index (κ3) is 2.89. The highest BCUT2D eigenvalue weighted by molar-refractivity contribution is 9.10. The van der Waals surface area contributed by atoms with Gasteiger partial charge in [0.2, 0.25) is 0 Å². The summed E-state index contributed by atoms with van der Waals surface area (Å²) in [5.41, 5.74) is -0.186. The molecule has 4 nitrogen and oxygen atoms in total. The van der Waals surface area contributed by atoms with Crippen molar-refractivity contribution in [2.75, 3.05) is 18.0 Å². The van der Waals surface area contributed by atoms with E-state index in [-0.39, 0.29) is 11.7 Å². The molecule has 0 amide bonds.